The minimum atomic E-state index is -0.106. The van der Waals surface area contributed by atoms with Gasteiger partial charge in [-0.15, -0.1) is 11.3 Å². The second-order valence-electron chi connectivity index (χ2n) is 6.19. The van der Waals surface area contributed by atoms with E-state index in [0.29, 0.717) is 17.1 Å². The lowest BCUT2D eigenvalue weighted by Gasteiger charge is -2.30. The van der Waals surface area contributed by atoms with Gasteiger partial charge in [0.25, 0.3) is 5.56 Å². The molecule has 1 amide bonds. The molecule has 1 saturated heterocycles. The number of rotatable bonds is 2. The highest BCUT2D eigenvalue weighted by Crippen LogP contribution is 2.21. The molecule has 1 aliphatic heterocycles. The molecule has 0 N–H and O–H groups in total. The molecule has 0 bridgehead atoms. The first-order valence-corrected chi connectivity index (χ1v) is 8.52. The average molecular weight is 319 g/mol. The second-order valence-corrected chi connectivity index (χ2v) is 7.42. The van der Waals surface area contributed by atoms with Gasteiger partial charge >= 0.3 is 0 Å². The number of hydrogen-bond acceptors (Lipinski definition) is 4. The molecule has 0 aromatic carbocycles. The molecule has 22 heavy (non-hydrogen) atoms. The van der Waals surface area contributed by atoms with E-state index < -0.39 is 0 Å². The third kappa shape index (κ3) is 2.79. The van der Waals surface area contributed by atoms with Crippen molar-refractivity contribution < 1.29 is 4.79 Å². The van der Waals surface area contributed by atoms with E-state index in [4.69, 9.17) is 0 Å². The summed E-state index contributed by atoms with van der Waals surface area (Å²) in [6, 6.07) is 1.86. The Morgan fingerprint density at radius 1 is 1.36 bits per heavy atom. The first kappa shape index (κ1) is 15.2. The summed E-state index contributed by atoms with van der Waals surface area (Å²) in [6.07, 6.45) is 2.08. The van der Waals surface area contributed by atoms with E-state index in [2.05, 4.69) is 11.9 Å². The zero-order valence-corrected chi connectivity index (χ0v) is 14.1. The van der Waals surface area contributed by atoms with Crippen molar-refractivity contribution in [2.75, 3.05) is 13.1 Å². The zero-order chi connectivity index (χ0) is 15.9. The molecule has 2 aromatic rings. The number of carbonyl (C=O) groups is 1. The highest BCUT2D eigenvalue weighted by Gasteiger charge is 2.22. The number of carbonyl (C=O) groups excluding carboxylic acids is 1. The van der Waals surface area contributed by atoms with Crippen LogP contribution in [0.2, 0.25) is 0 Å². The van der Waals surface area contributed by atoms with Crippen molar-refractivity contribution in [1.29, 1.82) is 0 Å². The first-order valence-electron chi connectivity index (χ1n) is 7.71. The van der Waals surface area contributed by atoms with Gasteiger partial charge in [-0.25, -0.2) is 4.98 Å². The predicted molar refractivity (Wildman–Crippen MR) is 88.3 cm³/mol. The van der Waals surface area contributed by atoms with Gasteiger partial charge in [0.1, 0.15) is 17.2 Å². The fourth-order valence-corrected chi connectivity index (χ4v) is 3.83. The molecule has 3 rings (SSSR count). The van der Waals surface area contributed by atoms with Crippen LogP contribution in [-0.2, 0) is 11.3 Å². The Morgan fingerprint density at radius 2 is 2.05 bits per heavy atom. The fraction of sp³-hybridized carbons (Fsp3) is 0.562. The highest BCUT2D eigenvalue weighted by atomic mass is 32.1. The molecular formula is C16H21N3O2S. The van der Waals surface area contributed by atoms with Crippen LogP contribution in [0.3, 0.4) is 0 Å². The molecule has 0 unspecified atom stereocenters. The largest absolute Gasteiger partial charge is 0.341 e. The summed E-state index contributed by atoms with van der Waals surface area (Å²) in [6.45, 7) is 7.65. The normalized spacial score (nSPS) is 16.4. The average Bonchev–Trinajstić information content (AvgIpc) is 2.84. The van der Waals surface area contributed by atoms with Crippen LogP contribution in [0, 0.1) is 19.8 Å². The summed E-state index contributed by atoms with van der Waals surface area (Å²) >= 11 is 1.52. The van der Waals surface area contributed by atoms with Crippen LogP contribution in [0.1, 0.15) is 30.5 Å². The number of amides is 1. The molecule has 1 aliphatic rings. The number of fused-ring (bicyclic) bond motifs is 1. The number of aromatic nitrogens is 2. The van der Waals surface area contributed by atoms with Gasteiger partial charge in [0.2, 0.25) is 5.91 Å². The number of hydrogen-bond donors (Lipinski definition) is 0. The smallest absolute Gasteiger partial charge is 0.262 e. The van der Waals surface area contributed by atoms with E-state index in [-0.39, 0.29) is 18.0 Å². The topological polar surface area (TPSA) is 55.2 Å². The van der Waals surface area contributed by atoms with Crippen molar-refractivity contribution in [2.24, 2.45) is 5.92 Å². The molecule has 118 valence electrons. The van der Waals surface area contributed by atoms with Crippen molar-refractivity contribution in [1.82, 2.24) is 14.5 Å². The molecular weight excluding hydrogens is 298 g/mol. The summed E-state index contributed by atoms with van der Waals surface area (Å²) in [7, 11) is 0. The minimum absolute atomic E-state index is 0.0187. The molecule has 0 spiro atoms. The molecule has 0 aliphatic carbocycles. The Bertz CT molecular complexity index is 770. The Hall–Kier alpha value is -1.69. The van der Waals surface area contributed by atoms with Crippen LogP contribution in [-0.4, -0.2) is 33.4 Å². The Morgan fingerprint density at radius 3 is 2.73 bits per heavy atom. The van der Waals surface area contributed by atoms with Gasteiger partial charge < -0.3 is 4.90 Å². The van der Waals surface area contributed by atoms with Crippen LogP contribution in [0.5, 0.6) is 0 Å². The second kappa shape index (κ2) is 5.83. The van der Waals surface area contributed by atoms with Gasteiger partial charge in [-0.3, -0.25) is 14.2 Å². The van der Waals surface area contributed by atoms with Gasteiger partial charge in [0, 0.05) is 18.0 Å². The third-order valence-corrected chi connectivity index (χ3v) is 5.34. The summed E-state index contributed by atoms with van der Waals surface area (Å²) in [5.41, 5.74) is -0.106. The van der Waals surface area contributed by atoms with E-state index >= 15 is 0 Å². The maximum absolute atomic E-state index is 12.6. The first-order chi connectivity index (χ1) is 10.5. The van der Waals surface area contributed by atoms with Crippen molar-refractivity contribution in [3.05, 3.63) is 27.1 Å². The van der Waals surface area contributed by atoms with Crippen molar-refractivity contribution in [3.8, 4) is 0 Å². The van der Waals surface area contributed by atoms with Crippen molar-refractivity contribution in [2.45, 2.75) is 40.2 Å². The standard InChI is InChI=1S/C16H21N3O2S/c1-10-4-6-18(7-5-10)14(20)9-19-12(3)17-15-13(16(19)21)8-11(2)22-15/h8,10H,4-7,9H2,1-3H3. The maximum atomic E-state index is 12.6. The summed E-state index contributed by atoms with van der Waals surface area (Å²) in [5.74, 6) is 1.31. The van der Waals surface area contributed by atoms with Gasteiger partial charge in [-0.05, 0) is 38.7 Å². The van der Waals surface area contributed by atoms with E-state index in [9.17, 15) is 9.59 Å². The Labute approximate surface area is 133 Å². The molecule has 3 heterocycles. The fourth-order valence-electron chi connectivity index (χ4n) is 2.92. The number of thiophene rings is 1. The monoisotopic (exact) mass is 319 g/mol. The molecule has 0 radical (unpaired) electrons. The van der Waals surface area contributed by atoms with Crippen LogP contribution in [0.4, 0.5) is 0 Å². The molecule has 1 fully saturated rings. The van der Waals surface area contributed by atoms with Gasteiger partial charge in [0.05, 0.1) is 5.39 Å². The molecule has 0 saturated carbocycles. The molecule has 0 atom stereocenters. The Kier molecular flexibility index (Phi) is 4.04. The lowest BCUT2D eigenvalue weighted by atomic mass is 9.99. The number of aryl methyl sites for hydroxylation is 2. The van der Waals surface area contributed by atoms with Crippen molar-refractivity contribution >= 4 is 27.5 Å². The predicted octanol–water partition coefficient (Wildman–Crippen LogP) is 2.33. The SMILES string of the molecule is Cc1cc2c(=O)n(CC(=O)N3CCC(C)CC3)c(C)nc2s1. The zero-order valence-electron chi connectivity index (χ0n) is 13.3. The minimum Gasteiger partial charge on any atom is -0.341 e. The van der Waals surface area contributed by atoms with Crippen LogP contribution >= 0.6 is 11.3 Å². The third-order valence-electron chi connectivity index (χ3n) is 4.39. The van der Waals surface area contributed by atoms with Gasteiger partial charge in [-0.1, -0.05) is 6.92 Å². The van der Waals surface area contributed by atoms with Crippen LogP contribution < -0.4 is 5.56 Å². The Balaban J connectivity index is 1.87. The van der Waals surface area contributed by atoms with Crippen molar-refractivity contribution in [3.63, 3.8) is 0 Å². The number of nitrogens with zero attached hydrogens (tertiary/aromatic N) is 3. The number of piperidine rings is 1. The molecule has 2 aromatic heterocycles. The summed E-state index contributed by atoms with van der Waals surface area (Å²) in [5, 5.41) is 0.619. The quantitative estimate of drug-likeness (QED) is 0.854. The van der Waals surface area contributed by atoms with Gasteiger partial charge in [-0.2, -0.15) is 0 Å². The maximum Gasteiger partial charge on any atom is 0.262 e. The van der Waals surface area contributed by atoms with Crippen LogP contribution in [0.15, 0.2) is 10.9 Å². The summed E-state index contributed by atoms with van der Waals surface area (Å²) < 4.78 is 1.51. The highest BCUT2D eigenvalue weighted by molar-refractivity contribution is 7.18. The van der Waals surface area contributed by atoms with Crippen LogP contribution in [0.25, 0.3) is 10.2 Å². The van der Waals surface area contributed by atoms with Gasteiger partial charge in [0.15, 0.2) is 0 Å². The lowest BCUT2D eigenvalue weighted by molar-refractivity contribution is -0.133. The lowest BCUT2D eigenvalue weighted by Crippen LogP contribution is -2.41. The summed E-state index contributed by atoms with van der Waals surface area (Å²) in [4.78, 5) is 33.2. The number of likely N-dealkylation sites (tertiary alicyclic amines) is 1. The van der Waals surface area contributed by atoms with E-state index in [0.717, 1.165) is 35.6 Å². The molecule has 6 heteroatoms. The van der Waals surface area contributed by atoms with E-state index in [1.165, 1.54) is 15.9 Å². The van der Waals surface area contributed by atoms with E-state index in [1.54, 1.807) is 6.92 Å². The van der Waals surface area contributed by atoms with E-state index in [1.807, 2.05) is 17.9 Å². The molecule has 5 nitrogen and oxygen atoms in total.